The molecule has 0 unspecified atom stereocenters. The Morgan fingerprint density at radius 2 is 2.10 bits per heavy atom. The highest BCUT2D eigenvalue weighted by Crippen LogP contribution is 2.09. The number of aryl methyl sites for hydroxylation is 1. The van der Waals surface area contributed by atoms with Gasteiger partial charge in [-0.15, -0.1) is 13.2 Å². The van der Waals surface area contributed by atoms with E-state index in [1.807, 2.05) is 35.9 Å². The molecule has 0 fully saturated rings. The van der Waals surface area contributed by atoms with Crippen LogP contribution in [0.3, 0.4) is 0 Å². The van der Waals surface area contributed by atoms with Gasteiger partial charge in [-0.25, -0.2) is 4.98 Å². The molecule has 1 amide bonds. The summed E-state index contributed by atoms with van der Waals surface area (Å²) in [5, 5.41) is 0. The van der Waals surface area contributed by atoms with Crippen LogP contribution in [-0.4, -0.2) is 33.3 Å². The van der Waals surface area contributed by atoms with Crippen LogP contribution < -0.4 is 0 Å². The Hall–Kier alpha value is -2.36. The molecule has 0 radical (unpaired) electrons. The van der Waals surface area contributed by atoms with Crippen LogP contribution in [0.2, 0.25) is 0 Å². The molecule has 0 aliphatic heterocycles. The molecule has 2 heterocycles. The zero-order valence-corrected chi connectivity index (χ0v) is 11.7. The van der Waals surface area contributed by atoms with Crippen LogP contribution in [0.25, 0.3) is 5.65 Å². The van der Waals surface area contributed by atoms with Gasteiger partial charge in [-0.1, -0.05) is 12.2 Å². The van der Waals surface area contributed by atoms with Crippen LogP contribution in [0, 0.1) is 6.92 Å². The van der Waals surface area contributed by atoms with Crippen LogP contribution >= 0.6 is 0 Å². The fourth-order valence-electron chi connectivity index (χ4n) is 2.08. The number of carbonyl (C=O) groups excluding carboxylic acids is 1. The molecule has 0 aromatic carbocycles. The molecular weight excluding hydrogens is 250 g/mol. The van der Waals surface area contributed by atoms with Crippen molar-refractivity contribution in [1.29, 1.82) is 0 Å². The van der Waals surface area contributed by atoms with Crippen molar-refractivity contribution >= 4 is 11.6 Å². The summed E-state index contributed by atoms with van der Waals surface area (Å²) in [4.78, 5) is 18.4. The molecular formula is C16H19N3O. The summed E-state index contributed by atoms with van der Waals surface area (Å²) in [5.41, 5.74) is 2.80. The third kappa shape index (κ3) is 3.15. The van der Waals surface area contributed by atoms with E-state index in [4.69, 9.17) is 0 Å². The van der Waals surface area contributed by atoms with E-state index in [1.54, 1.807) is 17.1 Å². The first-order valence-corrected chi connectivity index (χ1v) is 6.58. The van der Waals surface area contributed by atoms with E-state index in [-0.39, 0.29) is 5.91 Å². The number of amides is 1. The molecule has 0 saturated heterocycles. The van der Waals surface area contributed by atoms with Gasteiger partial charge in [-0.2, -0.15) is 0 Å². The van der Waals surface area contributed by atoms with Gasteiger partial charge < -0.3 is 9.30 Å². The van der Waals surface area contributed by atoms with Crippen molar-refractivity contribution in [1.82, 2.24) is 14.3 Å². The Bertz CT molecular complexity index is 632. The highest BCUT2D eigenvalue weighted by Gasteiger charge is 2.13. The maximum atomic E-state index is 12.2. The van der Waals surface area contributed by atoms with Gasteiger partial charge in [0.05, 0.1) is 12.1 Å². The molecule has 0 N–H and O–H groups in total. The molecule has 0 atom stereocenters. The number of carbonyl (C=O) groups is 1. The monoisotopic (exact) mass is 269 g/mol. The number of imidazole rings is 1. The van der Waals surface area contributed by atoms with Crippen LogP contribution in [0.4, 0.5) is 0 Å². The van der Waals surface area contributed by atoms with Gasteiger partial charge in [-0.05, 0) is 24.6 Å². The van der Waals surface area contributed by atoms with Gasteiger partial charge in [0.25, 0.3) is 0 Å². The minimum Gasteiger partial charge on any atom is -0.335 e. The first-order valence-electron chi connectivity index (χ1n) is 6.58. The van der Waals surface area contributed by atoms with Crippen molar-refractivity contribution in [2.75, 3.05) is 13.1 Å². The summed E-state index contributed by atoms with van der Waals surface area (Å²) >= 11 is 0. The lowest BCUT2D eigenvalue weighted by molar-refractivity contribution is -0.129. The highest BCUT2D eigenvalue weighted by molar-refractivity contribution is 5.78. The Labute approximate surface area is 119 Å². The van der Waals surface area contributed by atoms with Crippen molar-refractivity contribution in [3.63, 3.8) is 0 Å². The van der Waals surface area contributed by atoms with Crippen molar-refractivity contribution < 1.29 is 4.79 Å². The van der Waals surface area contributed by atoms with Crippen LogP contribution in [-0.2, 0) is 11.2 Å². The molecule has 4 heteroatoms. The second-order valence-corrected chi connectivity index (χ2v) is 4.75. The first-order chi connectivity index (χ1) is 9.63. The van der Waals surface area contributed by atoms with Gasteiger partial charge >= 0.3 is 0 Å². The van der Waals surface area contributed by atoms with Crippen molar-refractivity contribution in [2.24, 2.45) is 0 Å². The quantitative estimate of drug-likeness (QED) is 0.755. The Morgan fingerprint density at radius 3 is 2.75 bits per heavy atom. The standard InChI is InChI=1S/C16H19N3O/c1-4-7-18(8-5-2)16(20)11-14-12-19-9-6-13(3)10-15(19)17-14/h4-6,9-10,12H,1-2,7-8,11H2,3H3. The number of hydrogen-bond acceptors (Lipinski definition) is 2. The number of fused-ring (bicyclic) bond motifs is 1. The Morgan fingerprint density at radius 1 is 1.40 bits per heavy atom. The van der Waals surface area contributed by atoms with E-state index in [1.165, 1.54) is 0 Å². The van der Waals surface area contributed by atoms with Gasteiger partial charge in [0.1, 0.15) is 5.65 Å². The van der Waals surface area contributed by atoms with Gasteiger partial charge in [0.15, 0.2) is 0 Å². The molecule has 2 aromatic heterocycles. The van der Waals surface area contributed by atoms with Crippen molar-refractivity contribution in [3.05, 3.63) is 61.1 Å². The third-order valence-electron chi connectivity index (χ3n) is 3.05. The van der Waals surface area contributed by atoms with Crippen molar-refractivity contribution in [3.8, 4) is 0 Å². The zero-order valence-electron chi connectivity index (χ0n) is 11.7. The average molecular weight is 269 g/mol. The predicted octanol–water partition coefficient (Wildman–Crippen LogP) is 2.39. The lowest BCUT2D eigenvalue weighted by Gasteiger charge is -2.18. The van der Waals surface area contributed by atoms with Crippen LogP contribution in [0.1, 0.15) is 11.3 Å². The summed E-state index contributed by atoms with van der Waals surface area (Å²) < 4.78 is 1.93. The van der Waals surface area contributed by atoms with E-state index in [2.05, 4.69) is 18.1 Å². The molecule has 2 rings (SSSR count). The first kappa shape index (κ1) is 14.1. The summed E-state index contributed by atoms with van der Waals surface area (Å²) in [6, 6.07) is 4.02. The van der Waals surface area contributed by atoms with Gasteiger partial charge in [0.2, 0.25) is 5.91 Å². The maximum Gasteiger partial charge on any atom is 0.229 e. The topological polar surface area (TPSA) is 37.6 Å². The Kier molecular flexibility index (Phi) is 4.35. The van der Waals surface area contributed by atoms with E-state index >= 15 is 0 Å². The van der Waals surface area contributed by atoms with Crippen molar-refractivity contribution in [2.45, 2.75) is 13.3 Å². The third-order valence-corrected chi connectivity index (χ3v) is 3.05. The molecule has 0 aliphatic carbocycles. The second kappa shape index (κ2) is 6.19. The molecule has 0 bridgehead atoms. The lowest BCUT2D eigenvalue weighted by Crippen LogP contribution is -2.32. The van der Waals surface area contributed by atoms with Gasteiger partial charge in [0, 0.05) is 25.5 Å². The average Bonchev–Trinajstić information content (AvgIpc) is 2.79. The number of aromatic nitrogens is 2. The number of nitrogens with zero attached hydrogens (tertiary/aromatic N) is 3. The minimum absolute atomic E-state index is 0.0323. The number of hydrogen-bond donors (Lipinski definition) is 0. The van der Waals surface area contributed by atoms with E-state index in [0.29, 0.717) is 19.5 Å². The largest absolute Gasteiger partial charge is 0.335 e. The van der Waals surface area contributed by atoms with Gasteiger partial charge in [-0.3, -0.25) is 4.79 Å². The fourth-order valence-corrected chi connectivity index (χ4v) is 2.08. The highest BCUT2D eigenvalue weighted by atomic mass is 16.2. The number of pyridine rings is 1. The molecule has 0 saturated carbocycles. The fraction of sp³-hybridized carbons (Fsp3) is 0.250. The number of rotatable bonds is 6. The smallest absolute Gasteiger partial charge is 0.229 e. The normalized spacial score (nSPS) is 10.4. The Balaban J connectivity index is 2.15. The van der Waals surface area contributed by atoms with E-state index in [9.17, 15) is 4.79 Å². The summed E-state index contributed by atoms with van der Waals surface area (Å²) in [5.74, 6) is 0.0323. The molecule has 0 spiro atoms. The van der Waals surface area contributed by atoms with Crippen LogP contribution in [0.5, 0.6) is 0 Å². The minimum atomic E-state index is 0.0323. The summed E-state index contributed by atoms with van der Waals surface area (Å²) in [6.45, 7) is 10.4. The van der Waals surface area contributed by atoms with E-state index < -0.39 is 0 Å². The maximum absolute atomic E-state index is 12.2. The van der Waals surface area contributed by atoms with E-state index in [0.717, 1.165) is 16.9 Å². The summed E-state index contributed by atoms with van der Waals surface area (Å²) in [7, 11) is 0. The molecule has 20 heavy (non-hydrogen) atoms. The predicted molar refractivity (Wildman–Crippen MR) is 80.6 cm³/mol. The molecule has 2 aromatic rings. The lowest BCUT2D eigenvalue weighted by atomic mass is 10.3. The zero-order chi connectivity index (χ0) is 14.5. The molecule has 0 aliphatic rings. The molecule has 104 valence electrons. The SMILES string of the molecule is C=CCN(CC=C)C(=O)Cc1cn2ccc(C)cc2n1. The second-order valence-electron chi connectivity index (χ2n) is 4.75. The van der Waals surface area contributed by atoms with Crippen LogP contribution in [0.15, 0.2) is 49.8 Å². The summed E-state index contributed by atoms with van der Waals surface area (Å²) in [6.07, 6.45) is 7.58. The molecule has 4 nitrogen and oxygen atoms in total.